The first kappa shape index (κ1) is 24.4. The Hall–Kier alpha value is -4.33. The highest BCUT2D eigenvalue weighted by atomic mass is 19.1. The lowest BCUT2D eigenvalue weighted by molar-refractivity contribution is -0.133. The highest BCUT2D eigenvalue weighted by Crippen LogP contribution is 2.24. The summed E-state index contributed by atoms with van der Waals surface area (Å²) in [5.74, 6) is 0.709. The normalized spacial score (nSPS) is 18.0. The molecule has 0 aliphatic carbocycles. The van der Waals surface area contributed by atoms with Gasteiger partial charge in [-0.15, -0.1) is 5.10 Å². The third-order valence-electron chi connectivity index (χ3n) is 6.55. The van der Waals surface area contributed by atoms with Crippen molar-refractivity contribution in [2.75, 3.05) is 26.2 Å². The lowest BCUT2D eigenvalue weighted by Crippen LogP contribution is -2.49. The van der Waals surface area contributed by atoms with Crippen LogP contribution in [0.5, 0.6) is 0 Å². The summed E-state index contributed by atoms with van der Waals surface area (Å²) >= 11 is 0. The fraction of sp³-hybridized carbons (Fsp3) is 0.241. The van der Waals surface area contributed by atoms with Gasteiger partial charge in [0.1, 0.15) is 12.4 Å². The maximum absolute atomic E-state index is 13.5. The van der Waals surface area contributed by atoms with Crippen molar-refractivity contribution >= 4 is 18.2 Å². The Kier molecular flexibility index (Phi) is 7.35. The number of carbonyl (C=O) groups excluding carboxylic acids is 1. The smallest absolute Gasteiger partial charge is 0.244 e. The summed E-state index contributed by atoms with van der Waals surface area (Å²) in [7, 11) is 0. The van der Waals surface area contributed by atoms with Crippen LogP contribution in [0.2, 0.25) is 0 Å². The maximum atomic E-state index is 13.5. The number of hydrogen-bond donors (Lipinski definition) is 0. The summed E-state index contributed by atoms with van der Waals surface area (Å²) in [4.78, 5) is 26.5. The van der Waals surface area contributed by atoms with Crippen molar-refractivity contribution < 1.29 is 9.18 Å². The lowest BCUT2D eigenvalue weighted by Gasteiger charge is -2.36. The molecular formula is C29H29FN6O. The van der Waals surface area contributed by atoms with Gasteiger partial charge in [0.05, 0.1) is 0 Å². The third-order valence-corrected chi connectivity index (χ3v) is 6.55. The minimum Gasteiger partial charge on any atom is -0.368 e. The Balaban J connectivity index is 1.34. The van der Waals surface area contributed by atoms with Crippen molar-refractivity contribution in [2.24, 2.45) is 4.99 Å². The molecule has 2 aliphatic heterocycles. The SMILES string of the molecule is C=Cc1ccc(-c2nc(-c3ccc(F)cc3)nn2CC(=O)N2CCN(C3=C/CCC=N/C=C\3)CC2)cc1. The molecule has 37 heavy (non-hydrogen) atoms. The van der Waals surface area contributed by atoms with Gasteiger partial charge in [0.15, 0.2) is 11.6 Å². The second-order valence-electron chi connectivity index (χ2n) is 8.97. The first-order valence-corrected chi connectivity index (χ1v) is 12.5. The number of halogens is 1. The molecule has 0 radical (unpaired) electrons. The Labute approximate surface area is 216 Å². The second kappa shape index (κ2) is 11.2. The van der Waals surface area contributed by atoms with Gasteiger partial charge in [-0.1, -0.05) is 43.0 Å². The van der Waals surface area contributed by atoms with Crippen LogP contribution >= 0.6 is 0 Å². The summed E-state index contributed by atoms with van der Waals surface area (Å²) in [6.07, 6.45) is 11.7. The second-order valence-corrected chi connectivity index (χ2v) is 8.97. The first-order valence-electron chi connectivity index (χ1n) is 12.5. The van der Waals surface area contributed by atoms with E-state index in [1.54, 1.807) is 22.9 Å². The standard InChI is InChI=1S/C29H29FN6O/c1-2-22-6-8-24(9-7-22)29-32-28(23-10-12-25(30)13-11-23)33-36(29)21-27(37)35-19-17-34(18-20-35)26-5-3-4-15-31-16-14-26/h2,5-16H,1,3-4,17-21H2/b16-14-,26-5+,31-15?. The predicted octanol–water partition coefficient (Wildman–Crippen LogP) is 4.80. The summed E-state index contributed by atoms with van der Waals surface area (Å²) in [5.41, 5.74) is 3.68. The lowest BCUT2D eigenvalue weighted by atomic mass is 10.1. The van der Waals surface area contributed by atoms with E-state index < -0.39 is 0 Å². The summed E-state index contributed by atoms with van der Waals surface area (Å²) in [6, 6.07) is 13.8. The predicted molar refractivity (Wildman–Crippen MR) is 144 cm³/mol. The minimum absolute atomic E-state index is 0.00837. The van der Waals surface area contributed by atoms with Gasteiger partial charge in [-0.25, -0.2) is 14.1 Å². The summed E-state index contributed by atoms with van der Waals surface area (Å²) in [6.45, 7) is 6.68. The molecule has 7 nitrogen and oxygen atoms in total. The fourth-order valence-electron chi connectivity index (χ4n) is 4.46. The van der Waals surface area contributed by atoms with Crippen LogP contribution in [0.15, 0.2) is 84.2 Å². The zero-order chi connectivity index (χ0) is 25.6. The van der Waals surface area contributed by atoms with Gasteiger partial charge >= 0.3 is 0 Å². The molecule has 2 aromatic carbocycles. The van der Waals surface area contributed by atoms with E-state index in [-0.39, 0.29) is 18.3 Å². The number of carbonyl (C=O) groups is 1. The van der Waals surface area contributed by atoms with Crippen LogP contribution in [0.1, 0.15) is 18.4 Å². The molecule has 8 heteroatoms. The van der Waals surface area contributed by atoms with Crippen LogP contribution < -0.4 is 0 Å². The number of allylic oxidation sites excluding steroid dienone is 2. The quantitative estimate of drug-likeness (QED) is 0.492. The van der Waals surface area contributed by atoms with E-state index in [1.807, 2.05) is 47.7 Å². The van der Waals surface area contributed by atoms with E-state index in [1.165, 1.54) is 12.1 Å². The average molecular weight is 497 g/mol. The zero-order valence-corrected chi connectivity index (χ0v) is 20.6. The monoisotopic (exact) mass is 496 g/mol. The number of rotatable bonds is 6. The van der Waals surface area contributed by atoms with Crippen LogP contribution in [0.4, 0.5) is 4.39 Å². The Morgan fingerprint density at radius 2 is 1.70 bits per heavy atom. The molecule has 1 fully saturated rings. The highest BCUT2D eigenvalue weighted by molar-refractivity contribution is 5.77. The molecule has 0 spiro atoms. The molecule has 3 aromatic rings. The number of nitrogens with zero attached hydrogens (tertiary/aromatic N) is 6. The first-order chi connectivity index (χ1) is 18.1. The van der Waals surface area contributed by atoms with Gasteiger partial charge in [0.2, 0.25) is 5.91 Å². The van der Waals surface area contributed by atoms with Gasteiger partial charge in [-0.3, -0.25) is 9.79 Å². The van der Waals surface area contributed by atoms with Crippen LogP contribution in [0, 0.1) is 5.82 Å². The van der Waals surface area contributed by atoms with Crippen LogP contribution in [-0.4, -0.2) is 62.9 Å². The molecule has 188 valence electrons. The van der Waals surface area contributed by atoms with E-state index in [4.69, 9.17) is 4.98 Å². The Morgan fingerprint density at radius 1 is 0.973 bits per heavy atom. The molecule has 1 amide bonds. The van der Waals surface area contributed by atoms with Crippen molar-refractivity contribution in [1.29, 1.82) is 0 Å². The van der Waals surface area contributed by atoms with E-state index in [0.717, 1.165) is 42.8 Å². The molecule has 0 saturated carbocycles. The van der Waals surface area contributed by atoms with Crippen molar-refractivity contribution in [3.05, 3.63) is 90.5 Å². The molecule has 1 aromatic heterocycles. The third kappa shape index (κ3) is 5.74. The van der Waals surface area contributed by atoms with Crippen LogP contribution in [0.3, 0.4) is 0 Å². The van der Waals surface area contributed by atoms with Crippen molar-refractivity contribution in [3.63, 3.8) is 0 Å². The number of aromatic nitrogens is 3. The molecule has 1 saturated heterocycles. The molecule has 0 bridgehead atoms. The topological polar surface area (TPSA) is 66.6 Å². The van der Waals surface area contributed by atoms with Crippen molar-refractivity contribution in [2.45, 2.75) is 19.4 Å². The van der Waals surface area contributed by atoms with E-state index in [0.29, 0.717) is 30.3 Å². The van der Waals surface area contributed by atoms with Gasteiger partial charge in [0.25, 0.3) is 0 Å². The molecule has 2 aliphatic rings. The number of hydrogen-bond acceptors (Lipinski definition) is 5. The number of benzene rings is 2. The zero-order valence-electron chi connectivity index (χ0n) is 20.6. The molecule has 0 unspecified atom stereocenters. The molecule has 5 rings (SSSR count). The van der Waals surface area contributed by atoms with Crippen molar-refractivity contribution in [3.8, 4) is 22.8 Å². The summed E-state index contributed by atoms with van der Waals surface area (Å²) < 4.78 is 15.1. The largest absolute Gasteiger partial charge is 0.368 e. The van der Waals surface area contributed by atoms with Gasteiger partial charge in [-0.05, 0) is 48.7 Å². The number of amides is 1. The molecule has 0 N–H and O–H groups in total. The Bertz CT molecular complexity index is 1350. The van der Waals surface area contributed by atoms with Crippen LogP contribution in [0.25, 0.3) is 28.9 Å². The molecule has 0 atom stereocenters. The minimum atomic E-state index is -0.323. The Morgan fingerprint density at radius 3 is 2.43 bits per heavy atom. The van der Waals surface area contributed by atoms with E-state index in [2.05, 4.69) is 27.6 Å². The van der Waals surface area contributed by atoms with Gasteiger partial charge in [-0.2, -0.15) is 0 Å². The van der Waals surface area contributed by atoms with Gasteiger partial charge < -0.3 is 9.80 Å². The fourth-order valence-corrected chi connectivity index (χ4v) is 4.46. The molecule has 3 heterocycles. The van der Waals surface area contributed by atoms with Gasteiger partial charge in [0, 0.05) is 55.4 Å². The average Bonchev–Trinajstić information content (AvgIpc) is 3.32. The molecular weight excluding hydrogens is 467 g/mol. The van der Waals surface area contributed by atoms with Crippen molar-refractivity contribution in [1.82, 2.24) is 24.6 Å². The van der Waals surface area contributed by atoms with E-state index in [9.17, 15) is 9.18 Å². The number of aliphatic imine (C=N–C) groups is 1. The number of piperazine rings is 1. The summed E-state index contributed by atoms with van der Waals surface area (Å²) in [5, 5.41) is 4.64. The maximum Gasteiger partial charge on any atom is 0.244 e. The van der Waals surface area contributed by atoms with E-state index >= 15 is 0 Å². The van der Waals surface area contributed by atoms with Crippen LogP contribution in [-0.2, 0) is 11.3 Å². The highest BCUT2D eigenvalue weighted by Gasteiger charge is 2.24.